The summed E-state index contributed by atoms with van der Waals surface area (Å²) in [7, 11) is 0. The number of nitrogens with one attached hydrogen (secondary N) is 1. The monoisotopic (exact) mass is 414 g/mol. The maximum atomic E-state index is 12.2. The van der Waals surface area contributed by atoms with Crippen LogP contribution in [0.25, 0.3) is 0 Å². The predicted molar refractivity (Wildman–Crippen MR) is 114 cm³/mol. The van der Waals surface area contributed by atoms with E-state index in [4.69, 9.17) is 4.74 Å². The Hall–Kier alpha value is -2.61. The van der Waals surface area contributed by atoms with E-state index in [1.54, 1.807) is 37.4 Å². The Kier molecular flexibility index (Phi) is 7.86. The van der Waals surface area contributed by atoms with Crippen LogP contribution in [-0.2, 0) is 9.53 Å². The Morgan fingerprint density at radius 3 is 2.52 bits per heavy atom. The van der Waals surface area contributed by atoms with Gasteiger partial charge in [-0.3, -0.25) is 4.79 Å². The molecule has 1 fully saturated rings. The van der Waals surface area contributed by atoms with Crippen LogP contribution in [0.15, 0.2) is 41.7 Å². The summed E-state index contributed by atoms with van der Waals surface area (Å²) in [5.41, 5.74) is 1.08. The Morgan fingerprint density at radius 1 is 1.10 bits per heavy atom. The molecule has 3 rings (SSSR count). The fourth-order valence-corrected chi connectivity index (χ4v) is 3.73. The van der Waals surface area contributed by atoms with Gasteiger partial charge in [0.25, 0.3) is 0 Å². The van der Waals surface area contributed by atoms with Gasteiger partial charge in [0, 0.05) is 25.0 Å². The molecular formula is C21H26N4O3S. The molecule has 1 aromatic heterocycles. The minimum Gasteiger partial charge on any atom is -0.462 e. The fraction of sp³-hybridized carbons (Fsp3) is 0.429. The maximum Gasteiger partial charge on any atom is 0.338 e. The van der Waals surface area contributed by atoms with Gasteiger partial charge >= 0.3 is 5.97 Å². The number of hydrogen-bond donors (Lipinski definition) is 1. The van der Waals surface area contributed by atoms with E-state index >= 15 is 0 Å². The molecule has 0 spiro atoms. The number of esters is 1. The molecule has 2 aromatic rings. The molecule has 1 aromatic carbocycles. The smallest absolute Gasteiger partial charge is 0.338 e. The Labute approximate surface area is 175 Å². The van der Waals surface area contributed by atoms with Crippen molar-refractivity contribution in [3.63, 3.8) is 0 Å². The number of thioether (sulfide) groups is 1. The zero-order valence-electron chi connectivity index (χ0n) is 16.6. The molecular weight excluding hydrogens is 388 g/mol. The van der Waals surface area contributed by atoms with Crippen molar-refractivity contribution < 1.29 is 14.3 Å². The van der Waals surface area contributed by atoms with Gasteiger partial charge in [0.2, 0.25) is 5.91 Å². The summed E-state index contributed by atoms with van der Waals surface area (Å²) in [6, 6.07) is 8.57. The van der Waals surface area contributed by atoms with Gasteiger partial charge in [0.15, 0.2) is 5.16 Å². The zero-order valence-corrected chi connectivity index (χ0v) is 17.4. The summed E-state index contributed by atoms with van der Waals surface area (Å²) in [6.45, 7) is 4.12. The maximum absolute atomic E-state index is 12.2. The normalized spacial score (nSPS) is 14.2. The molecule has 7 nitrogen and oxygen atoms in total. The number of hydrogen-bond acceptors (Lipinski definition) is 7. The van der Waals surface area contributed by atoms with Gasteiger partial charge in [0.05, 0.1) is 17.9 Å². The van der Waals surface area contributed by atoms with Crippen LogP contribution < -0.4 is 10.2 Å². The number of nitrogens with zero attached hydrogens (tertiary/aromatic N) is 3. The lowest BCUT2D eigenvalue weighted by atomic mass is 10.2. The summed E-state index contributed by atoms with van der Waals surface area (Å²) < 4.78 is 4.95. The molecule has 1 aliphatic heterocycles. The van der Waals surface area contributed by atoms with Crippen LogP contribution in [0.2, 0.25) is 0 Å². The van der Waals surface area contributed by atoms with Crippen LogP contribution in [-0.4, -0.2) is 47.3 Å². The highest BCUT2D eigenvalue weighted by molar-refractivity contribution is 7.99. The summed E-state index contributed by atoms with van der Waals surface area (Å²) in [5, 5.41) is 3.42. The van der Waals surface area contributed by atoms with E-state index in [-0.39, 0.29) is 17.6 Å². The van der Waals surface area contributed by atoms with Gasteiger partial charge in [-0.15, -0.1) is 0 Å². The van der Waals surface area contributed by atoms with E-state index in [2.05, 4.69) is 20.2 Å². The van der Waals surface area contributed by atoms with E-state index in [1.807, 2.05) is 6.07 Å². The standard InChI is InChI=1S/C21H26N4O3S/c1-2-28-20(27)16-7-9-17(10-8-16)23-19(26)15-29-21-22-12-11-18(24-21)25-13-5-3-4-6-14-25/h7-12H,2-6,13-15H2,1H3,(H,23,26). The van der Waals surface area contributed by atoms with Crippen molar-refractivity contribution in [1.82, 2.24) is 9.97 Å². The van der Waals surface area contributed by atoms with Crippen molar-refractivity contribution >= 4 is 35.1 Å². The average Bonchev–Trinajstić information content (AvgIpc) is 3.03. The second-order valence-electron chi connectivity index (χ2n) is 6.73. The molecule has 1 amide bonds. The molecule has 1 aliphatic rings. The van der Waals surface area contributed by atoms with E-state index in [9.17, 15) is 9.59 Å². The number of rotatable bonds is 7. The minimum atomic E-state index is -0.373. The van der Waals surface area contributed by atoms with Crippen molar-refractivity contribution in [3.8, 4) is 0 Å². The Morgan fingerprint density at radius 2 is 1.83 bits per heavy atom. The number of ether oxygens (including phenoxy) is 1. The lowest BCUT2D eigenvalue weighted by molar-refractivity contribution is -0.113. The molecule has 2 heterocycles. The SMILES string of the molecule is CCOC(=O)c1ccc(NC(=O)CSc2nccc(N3CCCCCC3)n2)cc1. The second kappa shape index (κ2) is 10.8. The fourth-order valence-electron chi connectivity index (χ4n) is 3.11. The van der Waals surface area contributed by atoms with Gasteiger partial charge in [0.1, 0.15) is 5.82 Å². The summed E-state index contributed by atoms with van der Waals surface area (Å²) in [6.07, 6.45) is 6.66. The molecule has 154 valence electrons. The third kappa shape index (κ3) is 6.45. The number of anilines is 2. The van der Waals surface area contributed by atoms with Crippen molar-refractivity contribution in [1.29, 1.82) is 0 Å². The number of carbonyl (C=O) groups is 2. The highest BCUT2D eigenvalue weighted by Crippen LogP contribution is 2.20. The van der Waals surface area contributed by atoms with Gasteiger partial charge in [-0.25, -0.2) is 14.8 Å². The number of benzene rings is 1. The Balaban J connectivity index is 1.51. The summed E-state index contributed by atoms with van der Waals surface area (Å²) in [4.78, 5) is 35.1. The van der Waals surface area contributed by atoms with Crippen LogP contribution in [0, 0.1) is 0 Å². The average molecular weight is 415 g/mol. The zero-order chi connectivity index (χ0) is 20.5. The highest BCUT2D eigenvalue weighted by atomic mass is 32.2. The van der Waals surface area contributed by atoms with Crippen LogP contribution >= 0.6 is 11.8 Å². The lowest BCUT2D eigenvalue weighted by Gasteiger charge is -2.21. The topological polar surface area (TPSA) is 84.4 Å². The van der Waals surface area contributed by atoms with Gasteiger partial charge in [-0.1, -0.05) is 24.6 Å². The van der Waals surface area contributed by atoms with Crippen LogP contribution in [0.4, 0.5) is 11.5 Å². The molecule has 29 heavy (non-hydrogen) atoms. The third-order valence-electron chi connectivity index (χ3n) is 4.56. The van der Waals surface area contributed by atoms with Gasteiger partial charge < -0.3 is 15.0 Å². The largest absolute Gasteiger partial charge is 0.462 e. The molecule has 0 unspecified atom stereocenters. The third-order valence-corrected chi connectivity index (χ3v) is 5.42. The van der Waals surface area contributed by atoms with Crippen LogP contribution in [0.5, 0.6) is 0 Å². The van der Waals surface area contributed by atoms with E-state index in [1.165, 1.54) is 37.4 Å². The van der Waals surface area contributed by atoms with Crippen molar-refractivity contribution in [2.24, 2.45) is 0 Å². The van der Waals surface area contributed by atoms with E-state index in [0.717, 1.165) is 18.9 Å². The highest BCUT2D eigenvalue weighted by Gasteiger charge is 2.13. The Bertz CT molecular complexity index is 821. The first-order chi connectivity index (χ1) is 14.2. The lowest BCUT2D eigenvalue weighted by Crippen LogP contribution is -2.25. The number of amides is 1. The molecule has 0 atom stereocenters. The predicted octanol–water partition coefficient (Wildman–Crippen LogP) is 3.76. The first kappa shape index (κ1) is 21.1. The summed E-state index contributed by atoms with van der Waals surface area (Å²) in [5.74, 6) is 0.618. The van der Waals surface area contributed by atoms with Crippen LogP contribution in [0.1, 0.15) is 43.0 Å². The molecule has 0 radical (unpaired) electrons. The molecule has 8 heteroatoms. The molecule has 1 N–H and O–H groups in total. The second-order valence-corrected chi connectivity index (χ2v) is 7.68. The molecule has 1 saturated heterocycles. The molecule has 0 aliphatic carbocycles. The first-order valence-corrected chi connectivity index (χ1v) is 10.9. The quantitative estimate of drug-likeness (QED) is 0.419. The van der Waals surface area contributed by atoms with E-state index < -0.39 is 0 Å². The first-order valence-electron chi connectivity index (χ1n) is 9.93. The van der Waals surface area contributed by atoms with Crippen LogP contribution in [0.3, 0.4) is 0 Å². The minimum absolute atomic E-state index is 0.150. The summed E-state index contributed by atoms with van der Waals surface area (Å²) >= 11 is 1.31. The molecule has 0 saturated carbocycles. The molecule has 0 bridgehead atoms. The number of carbonyl (C=O) groups excluding carboxylic acids is 2. The van der Waals surface area contributed by atoms with Gasteiger partial charge in [-0.2, -0.15) is 0 Å². The van der Waals surface area contributed by atoms with Crippen molar-refractivity contribution in [3.05, 3.63) is 42.1 Å². The van der Waals surface area contributed by atoms with Crippen molar-refractivity contribution in [2.45, 2.75) is 37.8 Å². The number of aromatic nitrogens is 2. The van der Waals surface area contributed by atoms with Gasteiger partial charge in [-0.05, 0) is 50.1 Å². The van der Waals surface area contributed by atoms with E-state index in [0.29, 0.717) is 23.0 Å². The van der Waals surface area contributed by atoms with Crippen molar-refractivity contribution in [2.75, 3.05) is 35.7 Å².